The van der Waals surface area contributed by atoms with Crippen LogP contribution in [0.4, 0.5) is 5.69 Å². The molecule has 6 heteroatoms. The number of aryl methyl sites for hydroxylation is 1. The molecular formula is C29H33IN2O3. The Labute approximate surface area is 224 Å². The molecular weight excluding hydrogens is 551 g/mol. The van der Waals surface area contributed by atoms with E-state index in [1.807, 2.05) is 48.5 Å². The van der Waals surface area contributed by atoms with E-state index < -0.39 is 0 Å². The van der Waals surface area contributed by atoms with Crippen molar-refractivity contribution in [1.29, 1.82) is 0 Å². The van der Waals surface area contributed by atoms with Crippen molar-refractivity contribution in [2.24, 2.45) is 0 Å². The second-order valence-electron chi connectivity index (χ2n) is 9.41. The molecule has 1 heterocycles. The van der Waals surface area contributed by atoms with E-state index in [1.54, 1.807) is 0 Å². The second kappa shape index (κ2) is 12.2. The number of nitrogens with zero attached hydrogens (tertiary/aromatic N) is 2. The number of quaternary nitrogens is 1. The van der Waals surface area contributed by atoms with Gasteiger partial charge in [0.1, 0.15) is 18.0 Å². The number of fused-ring (bicyclic) bond motifs is 1. The number of rotatable bonds is 10. The molecule has 0 bridgehead atoms. The zero-order valence-electron chi connectivity index (χ0n) is 20.6. The molecule has 0 radical (unpaired) electrons. The Bertz CT molecular complexity index is 1230. The second-order valence-corrected chi connectivity index (χ2v) is 9.41. The molecule has 5 nitrogen and oxygen atoms in total. The summed E-state index contributed by atoms with van der Waals surface area (Å²) in [7, 11) is 6.29. The Balaban J connectivity index is 0.00000342. The van der Waals surface area contributed by atoms with Gasteiger partial charge in [-0.1, -0.05) is 30.3 Å². The average molecular weight is 584 g/mol. The summed E-state index contributed by atoms with van der Waals surface area (Å²) in [6.07, 6.45) is 3.86. The standard InChI is InChI=1S/C29H33N2O3.HI/c1-31(2,3)26-13-11-24(12-14-26)29(32)33-20-8-7-18-30-19-17-25-21-27(15-16-28(25)30)34-22-23-9-5-4-6-10-23;/h4-6,9-17,19,21H,7-8,18,20,22H2,1-3H3;1H/q+1;/p-1. The lowest BCUT2D eigenvalue weighted by Crippen LogP contribution is -3.00. The van der Waals surface area contributed by atoms with Crippen molar-refractivity contribution in [3.05, 3.63) is 96.2 Å². The summed E-state index contributed by atoms with van der Waals surface area (Å²) in [5.74, 6) is 0.609. The van der Waals surface area contributed by atoms with E-state index in [1.165, 1.54) is 5.52 Å². The highest BCUT2D eigenvalue weighted by molar-refractivity contribution is 5.89. The number of hydrogen-bond donors (Lipinski definition) is 0. The third-order valence-corrected chi connectivity index (χ3v) is 5.89. The van der Waals surface area contributed by atoms with Gasteiger partial charge in [-0.05, 0) is 66.9 Å². The molecule has 0 amide bonds. The largest absolute Gasteiger partial charge is 1.00 e. The molecule has 0 N–H and O–H groups in total. The van der Waals surface area contributed by atoms with E-state index in [-0.39, 0.29) is 29.9 Å². The number of carbonyl (C=O) groups is 1. The molecule has 0 spiro atoms. The zero-order valence-corrected chi connectivity index (χ0v) is 22.8. The van der Waals surface area contributed by atoms with Gasteiger partial charge in [0.25, 0.3) is 0 Å². The van der Waals surface area contributed by atoms with E-state index in [0.29, 0.717) is 23.3 Å². The Morgan fingerprint density at radius 3 is 2.34 bits per heavy atom. The van der Waals surface area contributed by atoms with Gasteiger partial charge in [0.2, 0.25) is 0 Å². The number of benzene rings is 3. The molecule has 4 rings (SSSR count). The maximum atomic E-state index is 12.3. The van der Waals surface area contributed by atoms with Crippen LogP contribution in [0.1, 0.15) is 28.8 Å². The van der Waals surface area contributed by atoms with Gasteiger partial charge in [-0.2, -0.15) is 0 Å². The van der Waals surface area contributed by atoms with E-state index in [0.717, 1.165) is 41.8 Å². The summed E-state index contributed by atoms with van der Waals surface area (Å²) in [5, 5.41) is 1.16. The molecule has 0 saturated carbocycles. The van der Waals surface area contributed by atoms with Gasteiger partial charge in [-0.15, -0.1) is 0 Å². The lowest BCUT2D eigenvalue weighted by atomic mass is 10.2. The molecule has 35 heavy (non-hydrogen) atoms. The predicted molar refractivity (Wildman–Crippen MR) is 138 cm³/mol. The Morgan fingerprint density at radius 2 is 1.63 bits per heavy atom. The van der Waals surface area contributed by atoms with Crippen LogP contribution in [0.3, 0.4) is 0 Å². The number of esters is 1. The molecule has 4 aromatic rings. The van der Waals surface area contributed by atoms with E-state index in [4.69, 9.17) is 9.47 Å². The Hall–Kier alpha value is -2.84. The van der Waals surface area contributed by atoms with Crippen LogP contribution < -0.4 is 33.2 Å². The first-order valence-electron chi connectivity index (χ1n) is 11.7. The van der Waals surface area contributed by atoms with E-state index in [9.17, 15) is 4.79 Å². The van der Waals surface area contributed by atoms with Crippen molar-refractivity contribution in [3.63, 3.8) is 0 Å². The van der Waals surface area contributed by atoms with Crippen LogP contribution in [0.25, 0.3) is 10.9 Å². The summed E-state index contributed by atoms with van der Waals surface area (Å²) < 4.78 is 14.4. The molecule has 0 aliphatic rings. The smallest absolute Gasteiger partial charge is 0.338 e. The highest BCUT2D eigenvalue weighted by atomic mass is 127. The number of hydrogen-bond acceptors (Lipinski definition) is 3. The summed E-state index contributed by atoms with van der Waals surface area (Å²) in [5.41, 5.74) is 4.08. The van der Waals surface area contributed by atoms with Crippen LogP contribution in [0.2, 0.25) is 0 Å². The maximum Gasteiger partial charge on any atom is 0.338 e. The molecule has 0 aliphatic carbocycles. The molecule has 3 aromatic carbocycles. The monoisotopic (exact) mass is 584 g/mol. The Morgan fingerprint density at radius 1 is 0.886 bits per heavy atom. The normalized spacial score (nSPS) is 11.2. The van der Waals surface area contributed by atoms with Crippen LogP contribution in [0, 0.1) is 0 Å². The highest BCUT2D eigenvalue weighted by Gasteiger charge is 2.14. The molecule has 0 aliphatic heterocycles. The minimum atomic E-state index is -0.262. The minimum absolute atomic E-state index is 0. The fraction of sp³-hybridized carbons (Fsp3) is 0.276. The first-order valence-corrected chi connectivity index (χ1v) is 11.7. The summed E-state index contributed by atoms with van der Waals surface area (Å²) in [4.78, 5) is 12.3. The molecule has 1 aromatic heterocycles. The first kappa shape index (κ1) is 26.8. The lowest BCUT2D eigenvalue weighted by Gasteiger charge is -2.23. The molecule has 0 saturated heterocycles. The number of aromatic nitrogens is 1. The SMILES string of the molecule is C[N+](C)(C)c1ccc(C(=O)OCCCCn2ccc3cc(OCc4ccccc4)ccc32)cc1.[I-]. The van der Waals surface area contributed by atoms with Crippen molar-refractivity contribution in [3.8, 4) is 5.75 Å². The van der Waals surface area contributed by atoms with Crippen LogP contribution in [0.5, 0.6) is 5.75 Å². The number of ether oxygens (including phenoxy) is 2. The number of unbranched alkanes of at least 4 members (excludes halogenated alkanes) is 1. The fourth-order valence-corrected chi connectivity index (χ4v) is 3.88. The van der Waals surface area contributed by atoms with Crippen LogP contribution in [-0.2, 0) is 17.9 Å². The predicted octanol–water partition coefficient (Wildman–Crippen LogP) is 3.06. The highest BCUT2D eigenvalue weighted by Crippen LogP contribution is 2.23. The maximum absolute atomic E-state index is 12.3. The van der Waals surface area contributed by atoms with Crippen LogP contribution >= 0.6 is 0 Å². The number of carbonyl (C=O) groups excluding carboxylic acids is 1. The van der Waals surface area contributed by atoms with Gasteiger partial charge < -0.3 is 38.0 Å². The summed E-state index contributed by atoms with van der Waals surface area (Å²) in [6.45, 7) is 1.86. The van der Waals surface area contributed by atoms with Crippen LogP contribution in [0.15, 0.2) is 85.1 Å². The minimum Gasteiger partial charge on any atom is -1.00 e. The molecule has 184 valence electrons. The summed E-state index contributed by atoms with van der Waals surface area (Å²) >= 11 is 0. The zero-order chi connectivity index (χ0) is 24.0. The van der Waals surface area contributed by atoms with Gasteiger partial charge in [0, 0.05) is 23.6 Å². The first-order chi connectivity index (χ1) is 16.4. The topological polar surface area (TPSA) is 40.5 Å². The van der Waals surface area contributed by atoms with Crippen molar-refractivity contribution in [1.82, 2.24) is 9.05 Å². The van der Waals surface area contributed by atoms with Gasteiger partial charge in [-0.25, -0.2) is 4.79 Å². The molecule has 0 unspecified atom stereocenters. The van der Waals surface area contributed by atoms with Crippen molar-refractivity contribution >= 4 is 22.6 Å². The lowest BCUT2D eigenvalue weighted by molar-refractivity contribution is -0.0000257. The van der Waals surface area contributed by atoms with Crippen molar-refractivity contribution < 1.29 is 38.2 Å². The van der Waals surface area contributed by atoms with Crippen molar-refractivity contribution in [2.75, 3.05) is 27.7 Å². The Kier molecular flexibility index (Phi) is 9.34. The van der Waals surface area contributed by atoms with Gasteiger partial charge >= 0.3 is 5.97 Å². The average Bonchev–Trinajstić information content (AvgIpc) is 3.25. The van der Waals surface area contributed by atoms with Crippen molar-refractivity contribution in [2.45, 2.75) is 26.0 Å². The third kappa shape index (κ3) is 7.32. The fourth-order valence-electron chi connectivity index (χ4n) is 3.88. The van der Waals surface area contributed by atoms with E-state index >= 15 is 0 Å². The van der Waals surface area contributed by atoms with E-state index in [2.05, 4.69) is 62.2 Å². The van der Waals surface area contributed by atoms with Gasteiger partial charge in [-0.3, -0.25) is 4.48 Å². The molecule has 0 atom stereocenters. The van der Waals surface area contributed by atoms with Gasteiger partial charge in [0.15, 0.2) is 0 Å². The van der Waals surface area contributed by atoms with Gasteiger partial charge in [0.05, 0.1) is 33.3 Å². The quantitative estimate of drug-likeness (QED) is 0.125. The number of halogens is 1. The molecule has 0 fully saturated rings. The van der Waals surface area contributed by atoms with Crippen LogP contribution in [-0.4, -0.2) is 38.3 Å². The third-order valence-electron chi connectivity index (χ3n) is 5.89. The summed E-state index contributed by atoms with van der Waals surface area (Å²) in [6, 6.07) is 26.1.